The van der Waals surface area contributed by atoms with E-state index in [-0.39, 0.29) is 11.0 Å². The van der Waals surface area contributed by atoms with E-state index in [0.717, 1.165) is 38.0 Å². The van der Waals surface area contributed by atoms with Gasteiger partial charge in [0.25, 0.3) is 0 Å². The molecule has 1 aliphatic rings. The number of hydrogen-bond acceptors (Lipinski definition) is 3. The van der Waals surface area contributed by atoms with E-state index in [1.165, 1.54) is 11.1 Å². The van der Waals surface area contributed by atoms with Gasteiger partial charge in [0.1, 0.15) is 11.5 Å². The van der Waals surface area contributed by atoms with Crippen LogP contribution in [0.4, 0.5) is 0 Å². The SMILES string of the molecule is COc1ccc([C@@H]2C[C@H]2C(C)=O)c(CC/C=C\CCO[Si](C)(C)C(C)(C)C)c1. The first kappa shape index (κ1) is 22.9. The summed E-state index contributed by atoms with van der Waals surface area (Å²) in [6.45, 7) is 13.9. The maximum atomic E-state index is 11.7. The standard InChI is InChI=1S/C24H38O3Si/c1-18(25)22-17-23(22)21-14-13-20(26-5)16-19(21)12-10-8-9-11-15-27-28(6,7)24(2,3)4/h8-9,13-14,16,22-23H,10-12,15,17H2,1-7H3/b9-8-/t22-,23-/m0/s1. The first-order valence-electron chi connectivity index (χ1n) is 10.5. The van der Waals surface area contributed by atoms with Crippen LogP contribution in [0.1, 0.15) is 64.0 Å². The topological polar surface area (TPSA) is 35.5 Å². The quantitative estimate of drug-likeness (QED) is 0.262. The summed E-state index contributed by atoms with van der Waals surface area (Å²) in [5.41, 5.74) is 2.64. The summed E-state index contributed by atoms with van der Waals surface area (Å²) < 4.78 is 11.6. The van der Waals surface area contributed by atoms with Crippen molar-refractivity contribution in [2.45, 2.75) is 77.4 Å². The Bertz CT molecular complexity index is 700. The molecule has 1 aliphatic carbocycles. The van der Waals surface area contributed by atoms with Gasteiger partial charge in [0.05, 0.1) is 7.11 Å². The molecule has 2 rings (SSSR count). The fourth-order valence-corrected chi connectivity index (χ4v) is 4.41. The zero-order valence-corrected chi connectivity index (χ0v) is 19.8. The van der Waals surface area contributed by atoms with Crippen molar-refractivity contribution in [3.8, 4) is 5.75 Å². The van der Waals surface area contributed by atoms with Crippen molar-refractivity contribution in [2.75, 3.05) is 13.7 Å². The van der Waals surface area contributed by atoms with Gasteiger partial charge in [-0.05, 0) is 79.9 Å². The van der Waals surface area contributed by atoms with Crippen LogP contribution in [-0.2, 0) is 15.6 Å². The molecule has 0 aliphatic heterocycles. The van der Waals surface area contributed by atoms with E-state index in [4.69, 9.17) is 9.16 Å². The van der Waals surface area contributed by atoms with Gasteiger partial charge in [0.2, 0.25) is 0 Å². The molecule has 1 saturated carbocycles. The number of ketones is 1. The lowest BCUT2D eigenvalue weighted by Gasteiger charge is -2.36. The monoisotopic (exact) mass is 402 g/mol. The number of Topliss-reactive ketones (excluding diaryl/α,β-unsaturated/α-hetero) is 1. The highest BCUT2D eigenvalue weighted by Crippen LogP contribution is 2.49. The van der Waals surface area contributed by atoms with E-state index in [1.807, 2.05) is 6.07 Å². The van der Waals surface area contributed by atoms with E-state index in [9.17, 15) is 4.79 Å². The Hall–Kier alpha value is -1.39. The lowest BCUT2D eigenvalue weighted by molar-refractivity contribution is -0.118. The average Bonchev–Trinajstić information content (AvgIpc) is 3.40. The van der Waals surface area contributed by atoms with Crippen molar-refractivity contribution in [1.29, 1.82) is 0 Å². The maximum absolute atomic E-state index is 11.7. The van der Waals surface area contributed by atoms with Crippen LogP contribution < -0.4 is 4.74 Å². The number of methoxy groups -OCH3 is 1. The molecule has 2 atom stereocenters. The first-order valence-corrected chi connectivity index (χ1v) is 13.4. The molecule has 0 radical (unpaired) electrons. The smallest absolute Gasteiger partial charge is 0.191 e. The van der Waals surface area contributed by atoms with E-state index in [0.29, 0.717) is 11.7 Å². The molecule has 4 heteroatoms. The number of hydrogen-bond donors (Lipinski definition) is 0. The lowest BCUT2D eigenvalue weighted by atomic mass is 9.97. The third kappa shape index (κ3) is 6.05. The van der Waals surface area contributed by atoms with E-state index >= 15 is 0 Å². The second kappa shape index (κ2) is 9.40. The fraction of sp³-hybridized carbons (Fsp3) is 0.625. The number of benzene rings is 1. The summed E-state index contributed by atoms with van der Waals surface area (Å²) in [6, 6.07) is 6.31. The molecular formula is C24H38O3Si. The molecule has 0 saturated heterocycles. The van der Waals surface area contributed by atoms with Crippen LogP contribution in [0.5, 0.6) is 5.75 Å². The minimum Gasteiger partial charge on any atom is -0.497 e. The minimum absolute atomic E-state index is 0.218. The Labute approximate surface area is 172 Å². The van der Waals surface area contributed by atoms with Crippen LogP contribution in [0.2, 0.25) is 18.1 Å². The van der Waals surface area contributed by atoms with Crippen LogP contribution in [0, 0.1) is 5.92 Å². The van der Waals surface area contributed by atoms with Crippen LogP contribution in [0.3, 0.4) is 0 Å². The summed E-state index contributed by atoms with van der Waals surface area (Å²) in [5.74, 6) is 1.83. The van der Waals surface area contributed by atoms with Crippen molar-refractivity contribution in [2.24, 2.45) is 5.92 Å². The molecular weight excluding hydrogens is 364 g/mol. The Balaban J connectivity index is 1.85. The second-order valence-electron chi connectivity index (χ2n) is 9.53. The largest absolute Gasteiger partial charge is 0.497 e. The number of aryl methyl sites for hydroxylation is 1. The van der Waals surface area contributed by atoms with Gasteiger partial charge >= 0.3 is 0 Å². The Kier molecular flexibility index (Phi) is 7.69. The minimum atomic E-state index is -1.64. The van der Waals surface area contributed by atoms with Gasteiger partial charge in [-0.3, -0.25) is 4.79 Å². The van der Waals surface area contributed by atoms with E-state index < -0.39 is 8.32 Å². The van der Waals surface area contributed by atoms with Crippen molar-refractivity contribution in [3.63, 3.8) is 0 Å². The normalized spacial score (nSPS) is 19.8. The van der Waals surface area contributed by atoms with Crippen molar-refractivity contribution in [1.82, 2.24) is 0 Å². The molecule has 1 aromatic rings. The maximum Gasteiger partial charge on any atom is 0.191 e. The molecule has 0 aromatic heterocycles. The molecule has 1 fully saturated rings. The number of ether oxygens (including phenoxy) is 1. The predicted octanol–water partition coefficient (Wildman–Crippen LogP) is 6.29. The Morgan fingerprint density at radius 1 is 1.21 bits per heavy atom. The molecule has 3 nitrogen and oxygen atoms in total. The lowest BCUT2D eigenvalue weighted by Crippen LogP contribution is -2.40. The number of carbonyl (C=O) groups is 1. The molecule has 0 bridgehead atoms. The van der Waals surface area contributed by atoms with Crippen LogP contribution in [0.15, 0.2) is 30.4 Å². The molecule has 156 valence electrons. The van der Waals surface area contributed by atoms with Gasteiger partial charge < -0.3 is 9.16 Å². The van der Waals surface area contributed by atoms with E-state index in [2.05, 4.69) is 58.2 Å². The van der Waals surface area contributed by atoms with Crippen LogP contribution in [0.25, 0.3) is 0 Å². The first-order chi connectivity index (χ1) is 13.1. The van der Waals surface area contributed by atoms with Crippen LogP contribution in [-0.4, -0.2) is 27.8 Å². The van der Waals surface area contributed by atoms with E-state index in [1.54, 1.807) is 14.0 Å². The highest BCUT2D eigenvalue weighted by atomic mass is 28.4. The van der Waals surface area contributed by atoms with Gasteiger partial charge in [-0.25, -0.2) is 0 Å². The van der Waals surface area contributed by atoms with Crippen molar-refractivity contribution in [3.05, 3.63) is 41.5 Å². The molecule has 0 unspecified atom stereocenters. The molecule has 1 aromatic carbocycles. The highest BCUT2D eigenvalue weighted by Gasteiger charge is 2.42. The zero-order valence-electron chi connectivity index (χ0n) is 18.8. The predicted molar refractivity (Wildman–Crippen MR) is 120 cm³/mol. The summed E-state index contributed by atoms with van der Waals surface area (Å²) in [4.78, 5) is 11.7. The van der Waals surface area contributed by atoms with Crippen molar-refractivity contribution < 1.29 is 14.0 Å². The zero-order chi connectivity index (χ0) is 20.9. The third-order valence-electron chi connectivity index (χ3n) is 6.36. The average molecular weight is 403 g/mol. The summed E-state index contributed by atoms with van der Waals surface area (Å²) in [5, 5.41) is 0.264. The van der Waals surface area contributed by atoms with Gasteiger partial charge in [-0.1, -0.05) is 39.0 Å². The van der Waals surface area contributed by atoms with Crippen LogP contribution >= 0.6 is 0 Å². The third-order valence-corrected chi connectivity index (χ3v) is 10.9. The second-order valence-corrected chi connectivity index (χ2v) is 14.3. The molecule has 0 amide bonds. The fourth-order valence-electron chi connectivity index (χ4n) is 3.35. The summed E-state index contributed by atoms with van der Waals surface area (Å²) in [6.07, 6.45) is 8.43. The number of allylic oxidation sites excluding steroid dienone is 1. The highest BCUT2D eigenvalue weighted by molar-refractivity contribution is 6.74. The summed E-state index contributed by atoms with van der Waals surface area (Å²) in [7, 11) is 0.0640. The van der Waals surface area contributed by atoms with Gasteiger partial charge in [0.15, 0.2) is 8.32 Å². The molecule has 0 spiro atoms. The van der Waals surface area contributed by atoms with Gasteiger partial charge in [0, 0.05) is 12.5 Å². The number of rotatable bonds is 10. The molecule has 28 heavy (non-hydrogen) atoms. The Morgan fingerprint density at radius 3 is 2.46 bits per heavy atom. The Morgan fingerprint density at radius 2 is 1.89 bits per heavy atom. The van der Waals surface area contributed by atoms with Gasteiger partial charge in [-0.15, -0.1) is 0 Å². The molecule has 0 heterocycles. The summed E-state index contributed by atoms with van der Waals surface area (Å²) >= 11 is 0. The van der Waals surface area contributed by atoms with Crippen molar-refractivity contribution >= 4 is 14.1 Å². The number of carbonyl (C=O) groups excluding carboxylic acids is 1. The van der Waals surface area contributed by atoms with Gasteiger partial charge in [-0.2, -0.15) is 0 Å². The molecule has 0 N–H and O–H groups in total.